The van der Waals surface area contributed by atoms with Gasteiger partial charge in [0.2, 0.25) is 0 Å². The number of para-hydroxylation sites is 3. The van der Waals surface area contributed by atoms with E-state index in [1.54, 1.807) is 53.4 Å². The molecule has 8 heteroatoms. The highest BCUT2D eigenvalue weighted by Gasteiger charge is 2.19. The number of nitrogens with one attached hydrogen (secondary N) is 2. The SMILES string of the molecule is O=C(Nc1ccc(S(=O)(=O)Nc2ccccc2Oc2ccccc2)cc1)N1CCCCC1. The van der Waals surface area contributed by atoms with Crippen molar-refractivity contribution in [2.75, 3.05) is 23.1 Å². The van der Waals surface area contributed by atoms with Crippen molar-refractivity contribution < 1.29 is 17.9 Å². The third-order valence-corrected chi connectivity index (χ3v) is 6.54. The van der Waals surface area contributed by atoms with Crippen LogP contribution in [0.3, 0.4) is 0 Å². The summed E-state index contributed by atoms with van der Waals surface area (Å²) in [6, 6.07) is 21.9. The first-order valence-corrected chi connectivity index (χ1v) is 12.0. The zero-order chi connectivity index (χ0) is 22.4. The number of piperidine rings is 1. The Morgan fingerprint density at radius 1 is 0.812 bits per heavy atom. The average Bonchev–Trinajstić information content (AvgIpc) is 2.82. The summed E-state index contributed by atoms with van der Waals surface area (Å²) in [7, 11) is -3.85. The summed E-state index contributed by atoms with van der Waals surface area (Å²) in [5.74, 6) is 1.00. The molecular weight excluding hydrogens is 426 g/mol. The van der Waals surface area contributed by atoms with Crippen LogP contribution in [0.5, 0.6) is 11.5 Å². The maximum Gasteiger partial charge on any atom is 0.321 e. The minimum Gasteiger partial charge on any atom is -0.455 e. The van der Waals surface area contributed by atoms with Gasteiger partial charge in [-0.25, -0.2) is 13.2 Å². The fraction of sp³-hybridized carbons (Fsp3) is 0.208. The van der Waals surface area contributed by atoms with E-state index in [0.717, 1.165) is 32.4 Å². The number of hydrogen-bond acceptors (Lipinski definition) is 4. The molecule has 3 aromatic carbocycles. The lowest BCUT2D eigenvalue weighted by Crippen LogP contribution is -2.38. The smallest absolute Gasteiger partial charge is 0.321 e. The van der Waals surface area contributed by atoms with Crippen molar-refractivity contribution in [3.8, 4) is 11.5 Å². The molecule has 1 fully saturated rings. The lowest BCUT2D eigenvalue weighted by Gasteiger charge is -2.26. The number of carbonyl (C=O) groups is 1. The number of urea groups is 1. The molecule has 0 aromatic heterocycles. The van der Waals surface area contributed by atoms with E-state index < -0.39 is 10.0 Å². The number of carbonyl (C=O) groups excluding carboxylic acids is 1. The molecule has 1 aliphatic rings. The Bertz CT molecular complexity index is 1160. The Balaban J connectivity index is 1.45. The Labute approximate surface area is 188 Å². The highest BCUT2D eigenvalue weighted by molar-refractivity contribution is 7.92. The first-order chi connectivity index (χ1) is 15.5. The average molecular weight is 452 g/mol. The van der Waals surface area contributed by atoms with Crippen LogP contribution < -0.4 is 14.8 Å². The molecule has 0 aliphatic carbocycles. The van der Waals surface area contributed by atoms with Crippen LogP contribution in [-0.2, 0) is 10.0 Å². The van der Waals surface area contributed by atoms with Crippen molar-refractivity contribution in [1.29, 1.82) is 0 Å². The van der Waals surface area contributed by atoms with Crippen molar-refractivity contribution in [2.24, 2.45) is 0 Å². The van der Waals surface area contributed by atoms with E-state index in [1.165, 1.54) is 12.1 Å². The summed E-state index contributed by atoms with van der Waals surface area (Å²) in [6.07, 6.45) is 3.15. The molecule has 32 heavy (non-hydrogen) atoms. The lowest BCUT2D eigenvalue weighted by molar-refractivity contribution is 0.200. The van der Waals surface area contributed by atoms with Crippen molar-refractivity contribution in [1.82, 2.24) is 4.90 Å². The first-order valence-electron chi connectivity index (χ1n) is 10.5. The number of amides is 2. The van der Waals surface area contributed by atoms with Gasteiger partial charge in [0.25, 0.3) is 10.0 Å². The molecule has 0 unspecified atom stereocenters. The predicted octanol–water partition coefficient (Wildman–Crippen LogP) is 5.30. The van der Waals surface area contributed by atoms with E-state index in [9.17, 15) is 13.2 Å². The van der Waals surface area contributed by atoms with Gasteiger partial charge in [-0.05, 0) is 67.8 Å². The number of rotatable bonds is 6. The highest BCUT2D eigenvalue weighted by Crippen LogP contribution is 2.31. The molecule has 0 spiro atoms. The van der Waals surface area contributed by atoms with Gasteiger partial charge in [-0.15, -0.1) is 0 Å². The Kier molecular flexibility index (Phi) is 6.61. The van der Waals surface area contributed by atoms with Crippen LogP contribution in [0.25, 0.3) is 0 Å². The minimum atomic E-state index is -3.85. The summed E-state index contributed by atoms with van der Waals surface area (Å²) in [6.45, 7) is 1.49. The molecular formula is C24H25N3O4S. The first kappa shape index (κ1) is 21.7. The lowest BCUT2D eigenvalue weighted by atomic mass is 10.1. The van der Waals surface area contributed by atoms with E-state index in [0.29, 0.717) is 22.9 Å². The second-order valence-corrected chi connectivity index (χ2v) is 9.20. The highest BCUT2D eigenvalue weighted by atomic mass is 32.2. The monoisotopic (exact) mass is 451 g/mol. The van der Waals surface area contributed by atoms with Crippen molar-refractivity contribution in [2.45, 2.75) is 24.2 Å². The van der Waals surface area contributed by atoms with Gasteiger partial charge in [-0.3, -0.25) is 4.72 Å². The Hall–Kier alpha value is -3.52. The fourth-order valence-electron chi connectivity index (χ4n) is 3.48. The summed E-state index contributed by atoms with van der Waals surface area (Å²) in [5.41, 5.74) is 0.881. The number of nitrogens with zero attached hydrogens (tertiary/aromatic N) is 1. The maximum absolute atomic E-state index is 12.9. The zero-order valence-electron chi connectivity index (χ0n) is 17.5. The molecule has 0 bridgehead atoms. The number of benzene rings is 3. The van der Waals surface area contributed by atoms with Gasteiger partial charge in [-0.2, -0.15) is 0 Å². The van der Waals surface area contributed by atoms with Crippen LogP contribution in [-0.4, -0.2) is 32.4 Å². The third-order valence-electron chi connectivity index (χ3n) is 5.16. The van der Waals surface area contributed by atoms with Gasteiger partial charge < -0.3 is 15.0 Å². The molecule has 1 heterocycles. The summed E-state index contributed by atoms with van der Waals surface area (Å²) in [5, 5.41) is 2.83. The largest absolute Gasteiger partial charge is 0.455 e. The van der Waals surface area contributed by atoms with E-state index in [-0.39, 0.29) is 10.9 Å². The number of hydrogen-bond donors (Lipinski definition) is 2. The molecule has 166 valence electrons. The summed E-state index contributed by atoms with van der Waals surface area (Å²) < 4.78 is 34.3. The normalized spacial score (nSPS) is 13.9. The van der Waals surface area contributed by atoms with E-state index in [1.807, 2.05) is 18.2 Å². The standard InChI is InChI=1S/C24H25N3O4S/c28-24(27-17-7-2-8-18-27)25-19-13-15-21(16-14-19)32(29,30)26-22-11-5-6-12-23(22)31-20-9-3-1-4-10-20/h1,3-6,9-16,26H,2,7-8,17-18H2,(H,25,28). The predicted molar refractivity (Wildman–Crippen MR) is 125 cm³/mol. The molecule has 2 N–H and O–H groups in total. The molecule has 1 aliphatic heterocycles. The zero-order valence-corrected chi connectivity index (χ0v) is 18.3. The van der Waals surface area contributed by atoms with Gasteiger partial charge in [0, 0.05) is 18.8 Å². The fourth-order valence-corrected chi connectivity index (χ4v) is 4.55. The molecule has 2 amide bonds. The molecule has 7 nitrogen and oxygen atoms in total. The second kappa shape index (κ2) is 9.74. The van der Waals surface area contributed by atoms with E-state index in [2.05, 4.69) is 10.0 Å². The van der Waals surface area contributed by atoms with Crippen molar-refractivity contribution >= 4 is 27.4 Å². The number of ether oxygens (including phenoxy) is 1. The number of sulfonamides is 1. The minimum absolute atomic E-state index is 0.0861. The molecule has 0 saturated carbocycles. The maximum atomic E-state index is 12.9. The number of anilines is 2. The van der Waals surface area contributed by atoms with Gasteiger partial charge in [0.1, 0.15) is 5.75 Å². The van der Waals surface area contributed by atoms with Gasteiger partial charge in [0.05, 0.1) is 10.6 Å². The Morgan fingerprint density at radius 2 is 1.47 bits per heavy atom. The molecule has 1 saturated heterocycles. The van der Waals surface area contributed by atoms with Crippen LogP contribution in [0.2, 0.25) is 0 Å². The van der Waals surface area contributed by atoms with E-state index >= 15 is 0 Å². The Morgan fingerprint density at radius 3 is 2.19 bits per heavy atom. The molecule has 0 atom stereocenters. The van der Waals surface area contributed by atoms with Crippen LogP contribution >= 0.6 is 0 Å². The second-order valence-electron chi connectivity index (χ2n) is 7.52. The summed E-state index contributed by atoms with van der Waals surface area (Å²) >= 11 is 0. The molecule has 0 radical (unpaired) electrons. The topological polar surface area (TPSA) is 87.7 Å². The van der Waals surface area contributed by atoms with Crippen LogP contribution in [0, 0.1) is 0 Å². The van der Waals surface area contributed by atoms with Crippen molar-refractivity contribution in [3.05, 3.63) is 78.9 Å². The third kappa shape index (κ3) is 5.39. The number of likely N-dealkylation sites (tertiary alicyclic amines) is 1. The van der Waals surface area contributed by atoms with Crippen LogP contribution in [0.15, 0.2) is 83.8 Å². The van der Waals surface area contributed by atoms with Crippen LogP contribution in [0.1, 0.15) is 19.3 Å². The summed E-state index contributed by atoms with van der Waals surface area (Å²) in [4.78, 5) is 14.2. The van der Waals surface area contributed by atoms with E-state index in [4.69, 9.17) is 4.74 Å². The van der Waals surface area contributed by atoms with Gasteiger partial charge in [-0.1, -0.05) is 30.3 Å². The molecule has 4 rings (SSSR count). The van der Waals surface area contributed by atoms with Crippen LogP contribution in [0.4, 0.5) is 16.2 Å². The molecule has 3 aromatic rings. The quantitative estimate of drug-likeness (QED) is 0.533. The van der Waals surface area contributed by atoms with Crippen molar-refractivity contribution in [3.63, 3.8) is 0 Å². The van der Waals surface area contributed by atoms with Gasteiger partial charge >= 0.3 is 6.03 Å². The van der Waals surface area contributed by atoms with Gasteiger partial charge in [0.15, 0.2) is 5.75 Å².